The van der Waals surface area contributed by atoms with Gasteiger partial charge in [0.15, 0.2) is 0 Å². The van der Waals surface area contributed by atoms with Gasteiger partial charge in [-0.2, -0.15) is 0 Å². The predicted octanol–water partition coefficient (Wildman–Crippen LogP) is 1.82. The van der Waals surface area contributed by atoms with E-state index in [1.54, 1.807) is 0 Å². The minimum Gasteiger partial charge on any atom is -0.390 e. The Morgan fingerprint density at radius 2 is 2.00 bits per heavy atom. The Bertz CT molecular complexity index is 83.6. The van der Waals surface area contributed by atoms with Crippen molar-refractivity contribution in [3.8, 4) is 0 Å². The van der Waals surface area contributed by atoms with E-state index in [0.717, 1.165) is 19.4 Å². The summed E-state index contributed by atoms with van der Waals surface area (Å²) in [6.07, 6.45) is 1.75. The standard InChI is InChI=1S/C9H20O2/c1-4-6-11-7-9(10)8(3)5-2/h8-10H,4-7H2,1-3H3. The van der Waals surface area contributed by atoms with E-state index in [9.17, 15) is 5.11 Å². The maximum Gasteiger partial charge on any atom is 0.0799 e. The van der Waals surface area contributed by atoms with Gasteiger partial charge < -0.3 is 9.84 Å². The third-order valence-corrected chi connectivity index (χ3v) is 1.94. The van der Waals surface area contributed by atoms with Gasteiger partial charge >= 0.3 is 0 Å². The van der Waals surface area contributed by atoms with Crippen molar-refractivity contribution in [2.45, 2.75) is 39.7 Å². The molecule has 0 saturated heterocycles. The molecule has 2 heteroatoms. The lowest BCUT2D eigenvalue weighted by atomic mass is 10.0. The van der Waals surface area contributed by atoms with Crippen LogP contribution in [0.25, 0.3) is 0 Å². The topological polar surface area (TPSA) is 29.5 Å². The maximum atomic E-state index is 9.42. The van der Waals surface area contributed by atoms with Crippen molar-refractivity contribution in [1.82, 2.24) is 0 Å². The highest BCUT2D eigenvalue weighted by atomic mass is 16.5. The van der Waals surface area contributed by atoms with Crippen molar-refractivity contribution in [2.24, 2.45) is 5.92 Å². The Morgan fingerprint density at radius 3 is 2.45 bits per heavy atom. The zero-order valence-corrected chi connectivity index (χ0v) is 7.84. The van der Waals surface area contributed by atoms with Crippen LogP contribution in [0.1, 0.15) is 33.6 Å². The SMILES string of the molecule is CCCOCC(O)C(C)CC. The summed E-state index contributed by atoms with van der Waals surface area (Å²) in [7, 11) is 0. The van der Waals surface area contributed by atoms with Gasteiger partial charge in [0.1, 0.15) is 0 Å². The van der Waals surface area contributed by atoms with E-state index < -0.39 is 0 Å². The van der Waals surface area contributed by atoms with E-state index in [-0.39, 0.29) is 6.10 Å². The summed E-state index contributed by atoms with van der Waals surface area (Å²) in [6, 6.07) is 0. The number of rotatable bonds is 6. The van der Waals surface area contributed by atoms with Crippen molar-refractivity contribution in [2.75, 3.05) is 13.2 Å². The maximum absolute atomic E-state index is 9.42. The lowest BCUT2D eigenvalue weighted by molar-refractivity contribution is 0.00841. The van der Waals surface area contributed by atoms with Crippen LogP contribution in [0.4, 0.5) is 0 Å². The zero-order valence-electron chi connectivity index (χ0n) is 7.84. The molecule has 0 aliphatic carbocycles. The van der Waals surface area contributed by atoms with Crippen LogP contribution in [0.5, 0.6) is 0 Å². The van der Waals surface area contributed by atoms with Crippen LogP contribution in [0, 0.1) is 5.92 Å². The Kier molecular flexibility index (Phi) is 6.57. The van der Waals surface area contributed by atoms with Gasteiger partial charge in [-0.3, -0.25) is 0 Å². The van der Waals surface area contributed by atoms with E-state index in [4.69, 9.17) is 4.74 Å². The second-order valence-corrected chi connectivity index (χ2v) is 3.03. The van der Waals surface area contributed by atoms with Crippen molar-refractivity contribution < 1.29 is 9.84 Å². The summed E-state index contributed by atoms with van der Waals surface area (Å²) in [5, 5.41) is 9.42. The fraction of sp³-hybridized carbons (Fsp3) is 1.00. The molecule has 0 aromatic rings. The van der Waals surface area contributed by atoms with Gasteiger partial charge in [0.05, 0.1) is 12.7 Å². The Labute approximate surface area is 69.6 Å². The average Bonchev–Trinajstić information content (AvgIpc) is 2.03. The first-order valence-corrected chi connectivity index (χ1v) is 4.48. The Hall–Kier alpha value is -0.0800. The first-order chi connectivity index (χ1) is 5.22. The average molecular weight is 160 g/mol. The van der Waals surface area contributed by atoms with E-state index in [0.29, 0.717) is 12.5 Å². The summed E-state index contributed by atoms with van der Waals surface area (Å²) in [5.41, 5.74) is 0. The van der Waals surface area contributed by atoms with Crippen molar-refractivity contribution in [3.63, 3.8) is 0 Å². The summed E-state index contributed by atoms with van der Waals surface area (Å²) in [6.45, 7) is 7.43. The molecule has 0 spiro atoms. The number of hydrogen-bond acceptors (Lipinski definition) is 2. The quantitative estimate of drug-likeness (QED) is 0.600. The third kappa shape index (κ3) is 5.22. The van der Waals surface area contributed by atoms with Gasteiger partial charge in [-0.25, -0.2) is 0 Å². The molecule has 0 amide bonds. The molecule has 11 heavy (non-hydrogen) atoms. The van der Waals surface area contributed by atoms with Gasteiger partial charge in [0.2, 0.25) is 0 Å². The second-order valence-electron chi connectivity index (χ2n) is 3.03. The van der Waals surface area contributed by atoms with Gasteiger partial charge in [-0.1, -0.05) is 27.2 Å². The monoisotopic (exact) mass is 160 g/mol. The van der Waals surface area contributed by atoms with Crippen LogP contribution in [0.2, 0.25) is 0 Å². The number of aliphatic hydroxyl groups is 1. The van der Waals surface area contributed by atoms with Crippen LogP contribution in [0.15, 0.2) is 0 Å². The van der Waals surface area contributed by atoms with Crippen LogP contribution in [-0.4, -0.2) is 24.4 Å². The lowest BCUT2D eigenvalue weighted by Gasteiger charge is -2.16. The minimum absolute atomic E-state index is 0.286. The molecule has 1 N–H and O–H groups in total. The molecule has 0 fully saturated rings. The molecular formula is C9H20O2. The van der Waals surface area contributed by atoms with Crippen LogP contribution in [0.3, 0.4) is 0 Å². The molecule has 2 atom stereocenters. The van der Waals surface area contributed by atoms with E-state index in [1.807, 2.05) is 6.92 Å². The van der Waals surface area contributed by atoms with Crippen LogP contribution >= 0.6 is 0 Å². The molecule has 0 aliphatic heterocycles. The lowest BCUT2D eigenvalue weighted by Crippen LogP contribution is -2.23. The van der Waals surface area contributed by atoms with Gasteiger partial charge in [0, 0.05) is 6.61 Å². The number of hydrogen-bond donors (Lipinski definition) is 1. The second kappa shape index (κ2) is 6.62. The Morgan fingerprint density at radius 1 is 1.36 bits per heavy atom. The smallest absolute Gasteiger partial charge is 0.0799 e. The highest BCUT2D eigenvalue weighted by Gasteiger charge is 2.11. The molecule has 0 aromatic heterocycles. The van der Waals surface area contributed by atoms with Gasteiger partial charge in [-0.15, -0.1) is 0 Å². The molecule has 0 aliphatic rings. The molecule has 0 rings (SSSR count). The highest BCUT2D eigenvalue weighted by molar-refractivity contribution is 4.61. The summed E-state index contributed by atoms with van der Waals surface area (Å²) >= 11 is 0. The Balaban J connectivity index is 3.28. The fourth-order valence-corrected chi connectivity index (χ4v) is 0.785. The first kappa shape index (κ1) is 10.9. The van der Waals surface area contributed by atoms with Crippen molar-refractivity contribution >= 4 is 0 Å². The molecule has 0 radical (unpaired) electrons. The van der Waals surface area contributed by atoms with Crippen LogP contribution < -0.4 is 0 Å². The van der Waals surface area contributed by atoms with Crippen LogP contribution in [-0.2, 0) is 4.74 Å². The normalized spacial score (nSPS) is 16.4. The summed E-state index contributed by atoms with van der Waals surface area (Å²) in [5.74, 6) is 0.354. The van der Waals surface area contributed by atoms with Crippen molar-refractivity contribution in [1.29, 1.82) is 0 Å². The van der Waals surface area contributed by atoms with E-state index in [1.165, 1.54) is 0 Å². The van der Waals surface area contributed by atoms with E-state index in [2.05, 4.69) is 13.8 Å². The molecule has 0 bridgehead atoms. The molecule has 68 valence electrons. The van der Waals surface area contributed by atoms with E-state index >= 15 is 0 Å². The molecule has 2 nitrogen and oxygen atoms in total. The molecular weight excluding hydrogens is 140 g/mol. The zero-order chi connectivity index (χ0) is 8.69. The summed E-state index contributed by atoms with van der Waals surface area (Å²) in [4.78, 5) is 0. The fourth-order valence-electron chi connectivity index (χ4n) is 0.785. The van der Waals surface area contributed by atoms with Gasteiger partial charge in [0.25, 0.3) is 0 Å². The largest absolute Gasteiger partial charge is 0.390 e. The number of ether oxygens (including phenoxy) is 1. The molecule has 2 unspecified atom stereocenters. The first-order valence-electron chi connectivity index (χ1n) is 4.48. The molecule has 0 heterocycles. The summed E-state index contributed by atoms with van der Waals surface area (Å²) < 4.78 is 5.22. The minimum atomic E-state index is -0.286. The number of aliphatic hydroxyl groups excluding tert-OH is 1. The highest BCUT2D eigenvalue weighted by Crippen LogP contribution is 2.07. The van der Waals surface area contributed by atoms with Crippen molar-refractivity contribution in [3.05, 3.63) is 0 Å². The van der Waals surface area contributed by atoms with Gasteiger partial charge in [-0.05, 0) is 12.3 Å². The molecule has 0 saturated carbocycles. The predicted molar refractivity (Wildman–Crippen MR) is 46.6 cm³/mol. The third-order valence-electron chi connectivity index (χ3n) is 1.94. The molecule has 0 aromatic carbocycles.